The van der Waals surface area contributed by atoms with Crippen LogP contribution in [-0.4, -0.2) is 30.3 Å². The average molecular weight is 201 g/mol. The summed E-state index contributed by atoms with van der Waals surface area (Å²) in [5.41, 5.74) is 0. The van der Waals surface area contributed by atoms with Crippen molar-refractivity contribution in [3.8, 4) is 0 Å². The first-order valence-electron chi connectivity index (χ1n) is 5.37. The van der Waals surface area contributed by atoms with E-state index in [1.165, 1.54) is 13.0 Å². The van der Waals surface area contributed by atoms with Crippen LogP contribution in [0.15, 0.2) is 0 Å². The molecule has 2 heteroatoms. The molecule has 1 aliphatic rings. The Morgan fingerprint density at radius 3 is 2.54 bits per heavy atom. The highest BCUT2D eigenvalue weighted by molar-refractivity contribution is 7.81. The monoisotopic (exact) mass is 201 g/mol. The average Bonchev–Trinajstić information content (AvgIpc) is 1.98. The molecule has 1 heterocycles. The molecule has 0 bridgehead atoms. The van der Waals surface area contributed by atoms with Gasteiger partial charge in [-0.1, -0.05) is 20.8 Å². The van der Waals surface area contributed by atoms with E-state index in [4.69, 9.17) is 0 Å². The fourth-order valence-electron chi connectivity index (χ4n) is 2.34. The van der Waals surface area contributed by atoms with Crippen molar-refractivity contribution in [3.63, 3.8) is 0 Å². The van der Waals surface area contributed by atoms with Crippen LogP contribution in [0.2, 0.25) is 0 Å². The molecule has 0 amide bonds. The summed E-state index contributed by atoms with van der Waals surface area (Å²) in [5.74, 6) is 2.45. The molecular formula is C11H23NS. The maximum Gasteiger partial charge on any atom is 0.0173 e. The van der Waals surface area contributed by atoms with Crippen LogP contribution in [0.25, 0.3) is 0 Å². The lowest BCUT2D eigenvalue weighted by atomic mass is 9.81. The Bertz CT molecular complexity index is 156. The van der Waals surface area contributed by atoms with Crippen molar-refractivity contribution in [1.82, 2.24) is 4.90 Å². The molecule has 1 fully saturated rings. The number of hydrogen-bond acceptors (Lipinski definition) is 2. The van der Waals surface area contributed by atoms with Crippen LogP contribution < -0.4 is 0 Å². The zero-order valence-corrected chi connectivity index (χ0v) is 10.2. The van der Waals surface area contributed by atoms with Gasteiger partial charge in [-0.05, 0) is 31.2 Å². The Kier molecular flexibility index (Phi) is 4.11. The molecule has 0 aliphatic carbocycles. The highest BCUT2D eigenvalue weighted by Gasteiger charge is 2.30. The Morgan fingerprint density at radius 2 is 2.00 bits per heavy atom. The predicted molar refractivity (Wildman–Crippen MR) is 62.4 cm³/mol. The fourth-order valence-corrected chi connectivity index (χ4v) is 2.86. The molecule has 1 saturated heterocycles. The van der Waals surface area contributed by atoms with E-state index >= 15 is 0 Å². The number of nitrogens with zero attached hydrogens (tertiary/aromatic N) is 1. The minimum atomic E-state index is 0.572. The summed E-state index contributed by atoms with van der Waals surface area (Å²) < 4.78 is 0. The molecular weight excluding hydrogens is 178 g/mol. The second-order valence-electron chi connectivity index (χ2n) is 5.04. The van der Waals surface area contributed by atoms with Crippen LogP contribution in [-0.2, 0) is 0 Å². The lowest BCUT2D eigenvalue weighted by Crippen LogP contribution is -2.44. The Morgan fingerprint density at radius 1 is 1.38 bits per heavy atom. The van der Waals surface area contributed by atoms with E-state index in [0.29, 0.717) is 5.25 Å². The lowest BCUT2D eigenvalue weighted by Gasteiger charge is -2.39. The van der Waals surface area contributed by atoms with Crippen LogP contribution in [0.5, 0.6) is 0 Å². The number of likely N-dealkylation sites (tertiary alicyclic amines) is 1. The molecule has 0 N–H and O–H groups in total. The summed E-state index contributed by atoms with van der Waals surface area (Å²) in [7, 11) is 2.21. The van der Waals surface area contributed by atoms with Gasteiger partial charge in [0.25, 0.3) is 0 Å². The van der Waals surface area contributed by atoms with Gasteiger partial charge in [-0.3, -0.25) is 0 Å². The highest BCUT2D eigenvalue weighted by Crippen LogP contribution is 2.30. The summed E-state index contributed by atoms with van der Waals surface area (Å²) in [5, 5.41) is 0.572. The normalized spacial score (nSPS) is 36.9. The highest BCUT2D eigenvalue weighted by atomic mass is 32.1. The molecule has 0 aromatic rings. The first-order valence-corrected chi connectivity index (χ1v) is 5.89. The third-order valence-electron chi connectivity index (χ3n) is 3.17. The quantitative estimate of drug-likeness (QED) is 0.672. The molecule has 13 heavy (non-hydrogen) atoms. The van der Waals surface area contributed by atoms with Crippen LogP contribution in [0.4, 0.5) is 0 Å². The predicted octanol–water partition coefficient (Wildman–Crippen LogP) is 2.53. The molecule has 0 spiro atoms. The topological polar surface area (TPSA) is 3.24 Å². The van der Waals surface area contributed by atoms with Gasteiger partial charge in [-0.25, -0.2) is 0 Å². The third kappa shape index (κ3) is 3.17. The number of rotatable bonds is 2. The molecule has 0 radical (unpaired) electrons. The first-order chi connectivity index (χ1) is 6.00. The molecule has 0 aromatic heterocycles. The maximum absolute atomic E-state index is 4.66. The van der Waals surface area contributed by atoms with Crippen molar-refractivity contribution >= 4 is 12.6 Å². The summed E-state index contributed by atoms with van der Waals surface area (Å²) >= 11 is 4.66. The standard InChI is InChI=1S/C11H23NS/c1-8(2)5-10-6-12(4)7-11(13)9(10)3/h8-11,13H,5-7H2,1-4H3. The van der Waals surface area contributed by atoms with E-state index in [1.54, 1.807) is 0 Å². The molecule has 1 rings (SSSR count). The molecule has 1 nitrogen and oxygen atoms in total. The zero-order valence-electron chi connectivity index (χ0n) is 9.33. The maximum atomic E-state index is 4.66. The summed E-state index contributed by atoms with van der Waals surface area (Å²) in [6.45, 7) is 9.40. The van der Waals surface area contributed by atoms with Gasteiger partial charge < -0.3 is 4.90 Å². The van der Waals surface area contributed by atoms with Crippen molar-refractivity contribution in [1.29, 1.82) is 0 Å². The van der Waals surface area contributed by atoms with Gasteiger partial charge in [0.15, 0.2) is 0 Å². The van der Waals surface area contributed by atoms with E-state index in [-0.39, 0.29) is 0 Å². The smallest absolute Gasteiger partial charge is 0.0173 e. The molecule has 1 aliphatic heterocycles. The third-order valence-corrected chi connectivity index (χ3v) is 3.80. The summed E-state index contributed by atoms with van der Waals surface area (Å²) in [4.78, 5) is 2.42. The van der Waals surface area contributed by atoms with E-state index < -0.39 is 0 Å². The fraction of sp³-hybridized carbons (Fsp3) is 1.00. The minimum absolute atomic E-state index is 0.572. The molecule has 78 valence electrons. The van der Waals surface area contributed by atoms with E-state index in [2.05, 4.69) is 45.3 Å². The van der Waals surface area contributed by atoms with Crippen molar-refractivity contribution < 1.29 is 0 Å². The van der Waals surface area contributed by atoms with Crippen molar-refractivity contribution in [3.05, 3.63) is 0 Å². The molecule has 3 atom stereocenters. The van der Waals surface area contributed by atoms with Gasteiger partial charge in [0.1, 0.15) is 0 Å². The lowest BCUT2D eigenvalue weighted by molar-refractivity contribution is 0.143. The van der Waals surface area contributed by atoms with Gasteiger partial charge in [-0.15, -0.1) is 0 Å². The van der Waals surface area contributed by atoms with Crippen LogP contribution >= 0.6 is 12.6 Å². The Labute approximate surface area is 88.3 Å². The Balaban J connectivity index is 2.50. The van der Waals surface area contributed by atoms with Crippen molar-refractivity contribution in [2.75, 3.05) is 20.1 Å². The minimum Gasteiger partial charge on any atom is -0.305 e. The Hall–Kier alpha value is 0.310. The summed E-state index contributed by atoms with van der Waals surface area (Å²) in [6.07, 6.45) is 1.35. The van der Waals surface area contributed by atoms with Gasteiger partial charge in [-0.2, -0.15) is 12.6 Å². The van der Waals surface area contributed by atoms with Crippen molar-refractivity contribution in [2.24, 2.45) is 17.8 Å². The number of hydrogen-bond donors (Lipinski definition) is 1. The van der Waals surface area contributed by atoms with Crippen LogP contribution in [0.3, 0.4) is 0 Å². The second-order valence-corrected chi connectivity index (χ2v) is 5.70. The van der Waals surface area contributed by atoms with Gasteiger partial charge in [0.05, 0.1) is 0 Å². The SMILES string of the molecule is CC(C)CC1CN(C)CC(S)C1C. The van der Waals surface area contributed by atoms with Crippen molar-refractivity contribution in [2.45, 2.75) is 32.4 Å². The van der Waals surface area contributed by atoms with E-state index in [0.717, 1.165) is 24.3 Å². The van der Waals surface area contributed by atoms with E-state index in [1.807, 2.05) is 0 Å². The number of piperidine rings is 1. The molecule has 3 unspecified atom stereocenters. The summed E-state index contributed by atoms with van der Waals surface area (Å²) in [6, 6.07) is 0. The zero-order chi connectivity index (χ0) is 10.0. The molecule has 0 saturated carbocycles. The second kappa shape index (κ2) is 4.70. The van der Waals surface area contributed by atoms with Crippen LogP contribution in [0.1, 0.15) is 27.2 Å². The van der Waals surface area contributed by atoms with Gasteiger partial charge in [0.2, 0.25) is 0 Å². The van der Waals surface area contributed by atoms with Crippen LogP contribution in [0, 0.1) is 17.8 Å². The van der Waals surface area contributed by atoms with Gasteiger partial charge >= 0.3 is 0 Å². The van der Waals surface area contributed by atoms with Gasteiger partial charge in [0, 0.05) is 18.3 Å². The first kappa shape index (κ1) is 11.4. The van der Waals surface area contributed by atoms with E-state index in [9.17, 15) is 0 Å². The molecule has 0 aromatic carbocycles. The largest absolute Gasteiger partial charge is 0.305 e. The number of thiol groups is 1.